The highest BCUT2D eigenvalue weighted by atomic mass is 79.9. The molecule has 0 radical (unpaired) electrons. The first-order chi connectivity index (χ1) is 13.2. The molecule has 0 aliphatic carbocycles. The molecule has 0 saturated heterocycles. The van der Waals surface area contributed by atoms with Crippen LogP contribution in [-0.2, 0) is 10.0 Å². The van der Waals surface area contributed by atoms with Gasteiger partial charge in [-0.3, -0.25) is 4.72 Å². The molecule has 0 aliphatic rings. The Balaban J connectivity index is 2.20. The molecule has 2 aromatic carbocycles. The Morgan fingerprint density at radius 3 is 2.29 bits per heavy atom. The molecule has 0 bridgehead atoms. The van der Waals surface area contributed by atoms with E-state index in [1.165, 1.54) is 0 Å². The number of aryl methyl sites for hydroxylation is 2. The van der Waals surface area contributed by atoms with Gasteiger partial charge in [0.25, 0.3) is 10.0 Å². The van der Waals surface area contributed by atoms with E-state index in [9.17, 15) is 8.42 Å². The zero-order valence-corrected chi connectivity index (χ0v) is 19.7. The molecule has 5 nitrogen and oxygen atoms in total. The number of anilines is 1. The van der Waals surface area contributed by atoms with Crippen LogP contribution in [-0.4, -0.2) is 39.6 Å². The number of rotatable bonds is 9. The Kier molecular flexibility index (Phi) is 8.18. The van der Waals surface area contributed by atoms with Crippen molar-refractivity contribution in [2.24, 2.45) is 0 Å². The molecule has 1 N–H and O–H groups in total. The first kappa shape index (κ1) is 23.0. The fraction of sp³-hybridized carbons (Fsp3) is 0.400. The second-order valence-electron chi connectivity index (χ2n) is 6.49. The number of sulfonamides is 1. The number of likely N-dealkylation sites (N-methyl/N-ethyl adjacent to an activating group) is 1. The van der Waals surface area contributed by atoms with Gasteiger partial charge in [0.15, 0.2) is 0 Å². The lowest BCUT2D eigenvalue weighted by atomic mass is 10.2. The zero-order chi connectivity index (χ0) is 20.9. The average Bonchev–Trinajstić information content (AvgIpc) is 2.59. The smallest absolute Gasteiger partial charge is 0.262 e. The number of nitrogens with one attached hydrogen (secondary N) is 1. The van der Waals surface area contributed by atoms with Crippen molar-refractivity contribution < 1.29 is 13.2 Å². The van der Waals surface area contributed by atoms with Gasteiger partial charge in [-0.1, -0.05) is 41.4 Å². The van der Waals surface area contributed by atoms with Crippen molar-refractivity contribution in [1.82, 2.24) is 4.90 Å². The summed E-state index contributed by atoms with van der Waals surface area (Å²) in [5.41, 5.74) is 1.75. The maximum Gasteiger partial charge on any atom is 0.262 e. The third-order valence-corrected chi connectivity index (χ3v) is 6.89. The second-order valence-corrected chi connectivity index (χ2v) is 9.44. The van der Waals surface area contributed by atoms with Crippen LogP contribution in [0.25, 0.3) is 0 Å². The van der Waals surface area contributed by atoms with Crippen LogP contribution in [0.3, 0.4) is 0 Å². The van der Waals surface area contributed by atoms with Crippen LogP contribution >= 0.6 is 27.5 Å². The van der Waals surface area contributed by atoms with Gasteiger partial charge in [-0.15, -0.1) is 0 Å². The summed E-state index contributed by atoms with van der Waals surface area (Å²) in [5.74, 6) is 0.457. The van der Waals surface area contributed by atoms with Gasteiger partial charge in [0, 0.05) is 17.1 Å². The lowest BCUT2D eigenvalue weighted by Crippen LogP contribution is -2.27. The van der Waals surface area contributed by atoms with Crippen molar-refractivity contribution in [1.29, 1.82) is 0 Å². The van der Waals surface area contributed by atoms with E-state index in [0.717, 1.165) is 24.1 Å². The predicted molar refractivity (Wildman–Crippen MR) is 119 cm³/mol. The number of ether oxygens (including phenoxy) is 1. The normalized spacial score (nSPS) is 11.7. The summed E-state index contributed by atoms with van der Waals surface area (Å²) in [5, 5.41) is 0.443. The Hall–Kier alpha value is -1.28. The van der Waals surface area contributed by atoms with E-state index in [4.69, 9.17) is 16.3 Å². The van der Waals surface area contributed by atoms with Crippen molar-refractivity contribution >= 4 is 43.2 Å². The van der Waals surface area contributed by atoms with E-state index in [1.54, 1.807) is 44.2 Å². The third kappa shape index (κ3) is 5.86. The molecule has 0 aromatic heterocycles. The average molecular weight is 490 g/mol. The molecule has 0 atom stereocenters. The predicted octanol–water partition coefficient (Wildman–Crippen LogP) is 5.24. The molecule has 0 heterocycles. The molecule has 154 valence electrons. The van der Waals surface area contributed by atoms with Crippen LogP contribution in [0.4, 0.5) is 5.69 Å². The number of nitrogens with zero attached hydrogens (tertiary/aromatic N) is 1. The molecule has 2 aromatic rings. The molecule has 0 spiro atoms. The monoisotopic (exact) mass is 488 g/mol. The van der Waals surface area contributed by atoms with Crippen molar-refractivity contribution in [2.75, 3.05) is 31.0 Å². The van der Waals surface area contributed by atoms with E-state index in [2.05, 4.69) is 39.4 Å². The van der Waals surface area contributed by atoms with E-state index in [0.29, 0.717) is 34.2 Å². The lowest BCUT2D eigenvalue weighted by molar-refractivity contribution is 0.223. The second kappa shape index (κ2) is 9.96. The third-order valence-electron chi connectivity index (χ3n) is 4.44. The standard InChI is InChI=1S/C20H26BrClN2O3S/c1-5-24(6-2)9-10-27-19-13-17(7-8-18(19)22)23-28(25,26)20-14(3)11-16(21)12-15(20)4/h7-8,11-13,23H,5-6,9-10H2,1-4H3. The fourth-order valence-electron chi connectivity index (χ4n) is 3.03. The van der Waals surface area contributed by atoms with Crippen molar-refractivity contribution in [3.05, 3.63) is 51.0 Å². The molecule has 0 unspecified atom stereocenters. The van der Waals surface area contributed by atoms with Crippen LogP contribution in [0.2, 0.25) is 5.02 Å². The molecular weight excluding hydrogens is 464 g/mol. The van der Waals surface area contributed by atoms with Gasteiger partial charge in [-0.2, -0.15) is 0 Å². The summed E-state index contributed by atoms with van der Waals surface area (Å²) in [6.07, 6.45) is 0. The molecule has 8 heteroatoms. The van der Waals surface area contributed by atoms with Gasteiger partial charge in [-0.25, -0.2) is 8.42 Å². The Labute approximate surface area is 181 Å². The van der Waals surface area contributed by atoms with Crippen molar-refractivity contribution in [2.45, 2.75) is 32.6 Å². The van der Waals surface area contributed by atoms with E-state index in [1.807, 2.05) is 0 Å². The van der Waals surface area contributed by atoms with Gasteiger partial charge in [-0.05, 0) is 62.3 Å². The molecule has 28 heavy (non-hydrogen) atoms. The van der Waals surface area contributed by atoms with Gasteiger partial charge in [0.2, 0.25) is 0 Å². The summed E-state index contributed by atoms with van der Waals surface area (Å²) in [6, 6.07) is 8.44. The largest absolute Gasteiger partial charge is 0.491 e. The van der Waals surface area contributed by atoms with E-state index >= 15 is 0 Å². The molecule has 0 fully saturated rings. The summed E-state index contributed by atoms with van der Waals surface area (Å²) in [6.45, 7) is 10.9. The molecule has 0 saturated carbocycles. The summed E-state index contributed by atoms with van der Waals surface area (Å²) < 4.78 is 35.1. The van der Waals surface area contributed by atoms with Crippen LogP contribution in [0.1, 0.15) is 25.0 Å². The highest BCUT2D eigenvalue weighted by Crippen LogP contribution is 2.31. The Morgan fingerprint density at radius 2 is 1.71 bits per heavy atom. The minimum absolute atomic E-state index is 0.273. The van der Waals surface area contributed by atoms with Gasteiger partial charge in [0.05, 0.1) is 15.6 Å². The summed E-state index contributed by atoms with van der Waals surface area (Å²) in [7, 11) is -3.74. The number of benzene rings is 2. The zero-order valence-electron chi connectivity index (χ0n) is 16.6. The van der Waals surface area contributed by atoms with Gasteiger partial charge in [0.1, 0.15) is 12.4 Å². The summed E-state index contributed by atoms with van der Waals surface area (Å²) >= 11 is 9.61. The number of halogens is 2. The minimum Gasteiger partial charge on any atom is -0.491 e. The maximum absolute atomic E-state index is 12.9. The van der Waals surface area contributed by atoms with Crippen LogP contribution in [0.5, 0.6) is 5.75 Å². The Morgan fingerprint density at radius 1 is 1.11 bits per heavy atom. The minimum atomic E-state index is -3.74. The van der Waals surface area contributed by atoms with Crippen LogP contribution in [0.15, 0.2) is 39.7 Å². The highest BCUT2D eigenvalue weighted by Gasteiger charge is 2.20. The first-order valence-corrected chi connectivity index (χ1v) is 11.8. The molecule has 0 amide bonds. The lowest BCUT2D eigenvalue weighted by Gasteiger charge is -2.19. The van der Waals surface area contributed by atoms with Crippen LogP contribution < -0.4 is 9.46 Å². The van der Waals surface area contributed by atoms with Crippen molar-refractivity contribution in [3.63, 3.8) is 0 Å². The van der Waals surface area contributed by atoms with Gasteiger partial charge < -0.3 is 9.64 Å². The number of hydrogen-bond donors (Lipinski definition) is 1. The van der Waals surface area contributed by atoms with E-state index < -0.39 is 10.0 Å². The highest BCUT2D eigenvalue weighted by molar-refractivity contribution is 9.10. The quantitative estimate of drug-likeness (QED) is 0.523. The van der Waals surface area contributed by atoms with Crippen molar-refractivity contribution in [3.8, 4) is 5.75 Å². The SMILES string of the molecule is CCN(CC)CCOc1cc(NS(=O)(=O)c2c(C)cc(Br)cc2C)ccc1Cl. The molecule has 0 aliphatic heterocycles. The number of hydrogen-bond acceptors (Lipinski definition) is 4. The van der Waals surface area contributed by atoms with Gasteiger partial charge >= 0.3 is 0 Å². The fourth-order valence-corrected chi connectivity index (χ4v) is 5.39. The van der Waals surface area contributed by atoms with Crippen LogP contribution in [0, 0.1) is 13.8 Å². The first-order valence-electron chi connectivity index (χ1n) is 9.12. The Bertz CT molecular complexity index is 908. The van der Waals surface area contributed by atoms with E-state index in [-0.39, 0.29) is 4.90 Å². The molecular formula is C20H26BrClN2O3S. The topological polar surface area (TPSA) is 58.6 Å². The molecule has 2 rings (SSSR count). The maximum atomic E-state index is 12.9. The summed E-state index contributed by atoms with van der Waals surface area (Å²) in [4.78, 5) is 2.51.